The molecule has 0 aliphatic carbocycles. The van der Waals surface area contributed by atoms with Crippen LogP contribution in [-0.4, -0.2) is 28.5 Å². The molecule has 9 heteroatoms. The van der Waals surface area contributed by atoms with Crippen LogP contribution in [-0.2, 0) is 16.1 Å². The highest BCUT2D eigenvalue weighted by molar-refractivity contribution is 7.16. The monoisotopic (exact) mass is 385 g/mol. The van der Waals surface area contributed by atoms with Crippen LogP contribution in [0.1, 0.15) is 15.9 Å². The average molecular weight is 385 g/mol. The number of benzene rings is 2. The number of carbonyl (C=O) groups excluding carboxylic acids is 2. The molecule has 0 N–H and O–H groups in total. The maximum atomic E-state index is 12.5. The van der Waals surface area contributed by atoms with Crippen molar-refractivity contribution in [3.63, 3.8) is 0 Å². The first kappa shape index (κ1) is 18.5. The van der Waals surface area contributed by atoms with E-state index in [0.717, 1.165) is 15.8 Å². The third kappa shape index (κ3) is 3.93. The van der Waals surface area contributed by atoms with E-state index in [0.29, 0.717) is 4.80 Å². The summed E-state index contributed by atoms with van der Waals surface area (Å²) in [6.07, 6.45) is 0. The highest BCUT2D eigenvalue weighted by atomic mass is 32.1. The van der Waals surface area contributed by atoms with Crippen LogP contribution in [0, 0.1) is 17.0 Å². The number of thiazole rings is 1. The molecule has 0 radical (unpaired) electrons. The zero-order valence-electron chi connectivity index (χ0n) is 14.5. The van der Waals surface area contributed by atoms with Gasteiger partial charge >= 0.3 is 5.97 Å². The number of aryl methyl sites for hydroxylation is 1. The molecular formula is C18H15N3O5S. The first-order valence-electron chi connectivity index (χ1n) is 7.89. The number of amides is 1. The molecule has 1 aromatic heterocycles. The van der Waals surface area contributed by atoms with Crippen LogP contribution in [0.4, 0.5) is 5.69 Å². The van der Waals surface area contributed by atoms with Crippen molar-refractivity contribution in [1.29, 1.82) is 0 Å². The van der Waals surface area contributed by atoms with E-state index in [1.54, 1.807) is 4.57 Å². The Balaban J connectivity index is 2.08. The standard InChI is InChI=1S/C18H15N3O5S/c1-11-3-8-14-15(9-11)27-18(20(14)10-16(22)26-2)19-17(23)12-4-6-13(7-5-12)21(24)25/h3-9H,10H2,1-2H3. The van der Waals surface area contributed by atoms with Gasteiger partial charge in [-0.05, 0) is 36.8 Å². The van der Waals surface area contributed by atoms with Crippen LogP contribution in [0.3, 0.4) is 0 Å². The second kappa shape index (κ2) is 7.50. The molecule has 2 aromatic carbocycles. The quantitative estimate of drug-likeness (QED) is 0.390. The van der Waals surface area contributed by atoms with Crippen molar-refractivity contribution >= 4 is 39.1 Å². The largest absolute Gasteiger partial charge is 0.468 e. The fraction of sp³-hybridized carbons (Fsp3) is 0.167. The second-order valence-corrected chi connectivity index (χ2v) is 6.75. The van der Waals surface area contributed by atoms with Crippen LogP contribution in [0.25, 0.3) is 10.2 Å². The van der Waals surface area contributed by atoms with Gasteiger partial charge in [0.25, 0.3) is 11.6 Å². The SMILES string of the molecule is COC(=O)Cn1c(=NC(=O)c2ccc([N+](=O)[O-])cc2)sc2cc(C)ccc21. The second-order valence-electron chi connectivity index (χ2n) is 5.74. The number of hydrogen-bond acceptors (Lipinski definition) is 6. The Hall–Kier alpha value is -3.33. The van der Waals surface area contributed by atoms with Crippen molar-refractivity contribution in [2.75, 3.05) is 7.11 Å². The molecule has 0 saturated heterocycles. The van der Waals surface area contributed by atoms with Gasteiger partial charge in [-0.25, -0.2) is 0 Å². The molecule has 0 aliphatic rings. The van der Waals surface area contributed by atoms with E-state index in [9.17, 15) is 19.7 Å². The summed E-state index contributed by atoms with van der Waals surface area (Å²) < 4.78 is 7.23. The minimum atomic E-state index is -0.549. The molecule has 0 unspecified atom stereocenters. The molecule has 0 atom stereocenters. The highest BCUT2D eigenvalue weighted by Gasteiger charge is 2.13. The lowest BCUT2D eigenvalue weighted by molar-refractivity contribution is -0.384. The summed E-state index contributed by atoms with van der Waals surface area (Å²) in [5.74, 6) is -1.01. The Morgan fingerprint density at radius 1 is 1.22 bits per heavy atom. The summed E-state index contributed by atoms with van der Waals surface area (Å²) in [6.45, 7) is 1.87. The van der Waals surface area contributed by atoms with Gasteiger partial charge in [0.1, 0.15) is 6.54 Å². The summed E-state index contributed by atoms with van der Waals surface area (Å²) in [7, 11) is 1.29. The van der Waals surface area contributed by atoms with Gasteiger partial charge in [-0.2, -0.15) is 4.99 Å². The van der Waals surface area contributed by atoms with Crippen molar-refractivity contribution in [3.8, 4) is 0 Å². The molecule has 3 rings (SSSR count). The average Bonchev–Trinajstić information content (AvgIpc) is 2.97. The molecular weight excluding hydrogens is 370 g/mol. The van der Waals surface area contributed by atoms with Crippen molar-refractivity contribution in [3.05, 3.63) is 68.5 Å². The van der Waals surface area contributed by atoms with E-state index in [4.69, 9.17) is 4.74 Å². The minimum Gasteiger partial charge on any atom is -0.468 e. The lowest BCUT2D eigenvalue weighted by Crippen LogP contribution is -2.22. The molecule has 0 aliphatic heterocycles. The van der Waals surface area contributed by atoms with Crippen LogP contribution >= 0.6 is 11.3 Å². The van der Waals surface area contributed by atoms with Gasteiger partial charge in [0.05, 0.1) is 22.2 Å². The van der Waals surface area contributed by atoms with Crippen molar-refractivity contribution in [2.24, 2.45) is 4.99 Å². The van der Waals surface area contributed by atoms with Crippen molar-refractivity contribution in [2.45, 2.75) is 13.5 Å². The van der Waals surface area contributed by atoms with E-state index in [1.165, 1.54) is 42.7 Å². The molecule has 1 amide bonds. The fourth-order valence-electron chi connectivity index (χ4n) is 2.49. The number of esters is 1. The maximum absolute atomic E-state index is 12.5. The van der Waals surface area contributed by atoms with E-state index >= 15 is 0 Å². The third-order valence-corrected chi connectivity index (χ3v) is 4.92. The summed E-state index contributed by atoms with van der Waals surface area (Å²) >= 11 is 1.28. The normalized spacial score (nSPS) is 11.6. The molecule has 138 valence electrons. The van der Waals surface area contributed by atoms with Gasteiger partial charge in [-0.15, -0.1) is 0 Å². The Morgan fingerprint density at radius 2 is 1.93 bits per heavy atom. The third-order valence-electron chi connectivity index (χ3n) is 3.88. The lowest BCUT2D eigenvalue weighted by Gasteiger charge is -2.03. The van der Waals surface area contributed by atoms with Crippen LogP contribution in [0.2, 0.25) is 0 Å². The number of carbonyl (C=O) groups is 2. The molecule has 0 fully saturated rings. The van der Waals surface area contributed by atoms with Gasteiger partial charge in [0.2, 0.25) is 0 Å². The van der Waals surface area contributed by atoms with Crippen molar-refractivity contribution in [1.82, 2.24) is 4.57 Å². The maximum Gasteiger partial charge on any atom is 0.325 e. The molecule has 3 aromatic rings. The zero-order valence-corrected chi connectivity index (χ0v) is 15.4. The Labute approximate surface area is 157 Å². The van der Waals surface area contributed by atoms with Crippen molar-refractivity contribution < 1.29 is 19.2 Å². The highest BCUT2D eigenvalue weighted by Crippen LogP contribution is 2.19. The van der Waals surface area contributed by atoms with Gasteiger partial charge in [0.15, 0.2) is 4.80 Å². The predicted molar refractivity (Wildman–Crippen MR) is 99.6 cm³/mol. The predicted octanol–water partition coefficient (Wildman–Crippen LogP) is 2.83. The van der Waals surface area contributed by atoms with E-state index < -0.39 is 16.8 Å². The van der Waals surface area contributed by atoms with Gasteiger partial charge < -0.3 is 9.30 Å². The first-order valence-corrected chi connectivity index (χ1v) is 8.71. The minimum absolute atomic E-state index is 0.0774. The molecule has 0 saturated carbocycles. The molecule has 1 heterocycles. The number of nitro benzene ring substituents is 1. The van der Waals surface area contributed by atoms with Gasteiger partial charge in [-0.1, -0.05) is 17.4 Å². The number of rotatable bonds is 4. The summed E-state index contributed by atoms with van der Waals surface area (Å²) in [5, 5.41) is 10.7. The Morgan fingerprint density at radius 3 is 2.56 bits per heavy atom. The number of hydrogen-bond donors (Lipinski definition) is 0. The molecule has 8 nitrogen and oxygen atoms in total. The van der Waals surface area contributed by atoms with E-state index in [2.05, 4.69) is 4.99 Å². The number of nitrogens with zero attached hydrogens (tertiary/aromatic N) is 3. The molecule has 27 heavy (non-hydrogen) atoms. The topological polar surface area (TPSA) is 104 Å². The van der Waals surface area contributed by atoms with Crippen LogP contribution < -0.4 is 4.80 Å². The summed E-state index contributed by atoms with van der Waals surface area (Å²) in [6, 6.07) is 10.9. The van der Waals surface area contributed by atoms with Crippen LogP contribution in [0.5, 0.6) is 0 Å². The summed E-state index contributed by atoms with van der Waals surface area (Å²) in [5.41, 5.74) is 1.93. The number of ether oxygens (including phenoxy) is 1. The number of aromatic nitrogens is 1. The number of methoxy groups -OCH3 is 1. The molecule has 0 spiro atoms. The van der Waals surface area contributed by atoms with Gasteiger partial charge in [-0.3, -0.25) is 19.7 Å². The number of nitro groups is 1. The fourth-order valence-corrected chi connectivity index (χ4v) is 3.62. The summed E-state index contributed by atoms with van der Waals surface area (Å²) in [4.78, 5) is 38.9. The van der Waals surface area contributed by atoms with E-state index in [1.807, 2.05) is 25.1 Å². The Bertz CT molecular complexity index is 1110. The van der Waals surface area contributed by atoms with Gasteiger partial charge in [0, 0.05) is 17.7 Å². The number of fused-ring (bicyclic) bond motifs is 1. The van der Waals surface area contributed by atoms with E-state index in [-0.39, 0.29) is 17.8 Å². The zero-order chi connectivity index (χ0) is 19.6. The van der Waals surface area contributed by atoms with Crippen LogP contribution in [0.15, 0.2) is 47.5 Å². The smallest absolute Gasteiger partial charge is 0.325 e. The lowest BCUT2D eigenvalue weighted by atomic mass is 10.2. The first-order chi connectivity index (χ1) is 12.9. The number of non-ortho nitro benzene ring substituents is 1. The Kier molecular flexibility index (Phi) is 5.13. The molecule has 0 bridgehead atoms.